The zero-order valence-corrected chi connectivity index (χ0v) is 11.5. The topological polar surface area (TPSA) is 70.1 Å². The zero-order valence-electron chi connectivity index (χ0n) is 11.5. The van der Waals surface area contributed by atoms with Crippen LogP contribution in [0, 0.1) is 5.92 Å². The Bertz CT molecular complexity index is 335. The molecular formula is C13H24N4O. The molecule has 0 aliphatic heterocycles. The number of rotatable bonds is 8. The van der Waals surface area contributed by atoms with Gasteiger partial charge in [-0.1, -0.05) is 13.8 Å². The Morgan fingerprint density at radius 2 is 2.06 bits per heavy atom. The number of anilines is 2. The van der Waals surface area contributed by atoms with E-state index in [2.05, 4.69) is 27.5 Å². The Morgan fingerprint density at radius 1 is 1.33 bits per heavy atom. The highest BCUT2D eigenvalue weighted by molar-refractivity contribution is 5.47. The van der Waals surface area contributed by atoms with Gasteiger partial charge in [-0.05, 0) is 18.8 Å². The van der Waals surface area contributed by atoms with Crippen LogP contribution in [-0.2, 0) is 6.42 Å². The van der Waals surface area contributed by atoms with Crippen LogP contribution in [0.5, 0.6) is 0 Å². The van der Waals surface area contributed by atoms with E-state index in [-0.39, 0.29) is 6.61 Å². The number of aryl methyl sites for hydroxylation is 1. The van der Waals surface area contributed by atoms with E-state index in [1.807, 2.05) is 20.0 Å². The van der Waals surface area contributed by atoms with Crippen LogP contribution in [0.4, 0.5) is 11.6 Å². The molecule has 1 heterocycles. The van der Waals surface area contributed by atoms with Crippen molar-refractivity contribution in [3.05, 3.63) is 11.9 Å². The Kier molecular flexibility index (Phi) is 6.43. The number of aliphatic hydroxyl groups excluding tert-OH is 1. The SMILES string of the molecule is CCc1nc(NC)cc(NCCCC(C)CO)n1. The van der Waals surface area contributed by atoms with Gasteiger partial charge in [0.25, 0.3) is 0 Å². The van der Waals surface area contributed by atoms with Crippen molar-refractivity contribution < 1.29 is 5.11 Å². The van der Waals surface area contributed by atoms with E-state index in [4.69, 9.17) is 5.11 Å². The number of hydrogen-bond donors (Lipinski definition) is 3. The van der Waals surface area contributed by atoms with E-state index in [1.165, 1.54) is 0 Å². The highest BCUT2D eigenvalue weighted by atomic mass is 16.3. The van der Waals surface area contributed by atoms with Crippen LogP contribution in [0.15, 0.2) is 6.07 Å². The Hall–Kier alpha value is -1.36. The van der Waals surface area contributed by atoms with Crippen molar-refractivity contribution in [2.24, 2.45) is 5.92 Å². The Morgan fingerprint density at radius 3 is 2.67 bits per heavy atom. The first-order valence-corrected chi connectivity index (χ1v) is 6.60. The maximum Gasteiger partial charge on any atom is 0.132 e. The zero-order chi connectivity index (χ0) is 13.4. The maximum atomic E-state index is 8.94. The first kappa shape index (κ1) is 14.7. The van der Waals surface area contributed by atoms with Gasteiger partial charge in [-0.25, -0.2) is 9.97 Å². The minimum atomic E-state index is 0.261. The molecule has 1 unspecified atom stereocenters. The third-order valence-electron chi connectivity index (χ3n) is 2.84. The molecule has 0 saturated carbocycles. The summed E-state index contributed by atoms with van der Waals surface area (Å²) in [6.07, 6.45) is 2.88. The molecule has 5 nitrogen and oxygen atoms in total. The molecule has 0 aliphatic rings. The lowest BCUT2D eigenvalue weighted by Gasteiger charge is -2.10. The molecule has 1 aromatic heterocycles. The minimum absolute atomic E-state index is 0.261. The largest absolute Gasteiger partial charge is 0.396 e. The van der Waals surface area contributed by atoms with Crippen molar-refractivity contribution in [3.8, 4) is 0 Å². The van der Waals surface area contributed by atoms with Crippen LogP contribution >= 0.6 is 0 Å². The van der Waals surface area contributed by atoms with Gasteiger partial charge in [0.2, 0.25) is 0 Å². The van der Waals surface area contributed by atoms with Crippen LogP contribution in [0.3, 0.4) is 0 Å². The van der Waals surface area contributed by atoms with Gasteiger partial charge in [0.15, 0.2) is 0 Å². The van der Waals surface area contributed by atoms with E-state index in [0.717, 1.165) is 43.3 Å². The molecule has 18 heavy (non-hydrogen) atoms. The molecule has 1 atom stereocenters. The van der Waals surface area contributed by atoms with Crippen molar-refractivity contribution >= 4 is 11.6 Å². The highest BCUT2D eigenvalue weighted by Crippen LogP contribution is 2.12. The molecule has 0 aromatic carbocycles. The normalized spacial score (nSPS) is 12.2. The Balaban J connectivity index is 2.46. The van der Waals surface area contributed by atoms with E-state index in [9.17, 15) is 0 Å². The van der Waals surface area contributed by atoms with Gasteiger partial charge < -0.3 is 15.7 Å². The van der Waals surface area contributed by atoms with Crippen molar-refractivity contribution in [2.75, 3.05) is 30.8 Å². The van der Waals surface area contributed by atoms with Crippen LogP contribution in [-0.4, -0.2) is 35.3 Å². The molecule has 0 amide bonds. The summed E-state index contributed by atoms with van der Waals surface area (Å²) in [5, 5.41) is 15.3. The number of nitrogens with one attached hydrogen (secondary N) is 2. The summed E-state index contributed by atoms with van der Waals surface area (Å²) < 4.78 is 0. The first-order chi connectivity index (χ1) is 8.69. The summed E-state index contributed by atoms with van der Waals surface area (Å²) in [4.78, 5) is 8.77. The molecule has 1 aromatic rings. The van der Waals surface area contributed by atoms with E-state index >= 15 is 0 Å². The molecule has 0 bridgehead atoms. The molecule has 0 saturated heterocycles. The van der Waals surface area contributed by atoms with Gasteiger partial charge in [-0.3, -0.25) is 0 Å². The van der Waals surface area contributed by atoms with Crippen LogP contribution in [0.1, 0.15) is 32.5 Å². The average Bonchev–Trinajstić information content (AvgIpc) is 2.42. The molecule has 0 spiro atoms. The van der Waals surface area contributed by atoms with Crippen LogP contribution in [0.2, 0.25) is 0 Å². The lowest BCUT2D eigenvalue weighted by Crippen LogP contribution is -2.09. The maximum absolute atomic E-state index is 8.94. The molecule has 1 rings (SSSR count). The van der Waals surface area contributed by atoms with Gasteiger partial charge >= 0.3 is 0 Å². The molecule has 0 aliphatic carbocycles. The van der Waals surface area contributed by atoms with Crippen molar-refractivity contribution in [1.29, 1.82) is 0 Å². The number of aliphatic hydroxyl groups is 1. The van der Waals surface area contributed by atoms with E-state index in [0.29, 0.717) is 5.92 Å². The first-order valence-electron chi connectivity index (χ1n) is 6.60. The number of hydrogen-bond acceptors (Lipinski definition) is 5. The van der Waals surface area contributed by atoms with Crippen molar-refractivity contribution in [1.82, 2.24) is 9.97 Å². The van der Waals surface area contributed by atoms with Crippen LogP contribution in [0.25, 0.3) is 0 Å². The fraction of sp³-hybridized carbons (Fsp3) is 0.692. The van der Waals surface area contributed by atoms with Gasteiger partial charge in [0.05, 0.1) is 0 Å². The highest BCUT2D eigenvalue weighted by Gasteiger charge is 2.03. The smallest absolute Gasteiger partial charge is 0.132 e. The molecule has 5 heteroatoms. The molecule has 0 fully saturated rings. The van der Waals surface area contributed by atoms with Crippen molar-refractivity contribution in [2.45, 2.75) is 33.1 Å². The second-order valence-corrected chi connectivity index (χ2v) is 4.51. The van der Waals surface area contributed by atoms with Gasteiger partial charge in [0.1, 0.15) is 17.5 Å². The second kappa shape index (κ2) is 7.87. The molecular weight excluding hydrogens is 228 g/mol. The predicted molar refractivity (Wildman–Crippen MR) is 74.9 cm³/mol. The predicted octanol–water partition coefficient (Wildman–Crippen LogP) is 1.90. The molecule has 3 N–H and O–H groups in total. The second-order valence-electron chi connectivity index (χ2n) is 4.51. The summed E-state index contributed by atoms with van der Waals surface area (Å²) in [5.74, 6) is 2.92. The summed E-state index contributed by atoms with van der Waals surface area (Å²) in [7, 11) is 1.86. The third kappa shape index (κ3) is 4.87. The monoisotopic (exact) mass is 252 g/mol. The molecule has 102 valence electrons. The summed E-state index contributed by atoms with van der Waals surface area (Å²) in [6.45, 7) is 5.23. The van der Waals surface area contributed by atoms with Crippen LogP contribution < -0.4 is 10.6 Å². The van der Waals surface area contributed by atoms with Gasteiger partial charge in [-0.15, -0.1) is 0 Å². The number of aromatic nitrogens is 2. The lowest BCUT2D eigenvalue weighted by atomic mass is 10.1. The fourth-order valence-electron chi connectivity index (χ4n) is 1.63. The average molecular weight is 252 g/mol. The number of nitrogens with zero attached hydrogens (tertiary/aromatic N) is 2. The van der Waals surface area contributed by atoms with Gasteiger partial charge in [0, 0.05) is 32.7 Å². The lowest BCUT2D eigenvalue weighted by molar-refractivity contribution is 0.229. The third-order valence-corrected chi connectivity index (χ3v) is 2.84. The minimum Gasteiger partial charge on any atom is -0.396 e. The fourth-order valence-corrected chi connectivity index (χ4v) is 1.63. The van der Waals surface area contributed by atoms with Gasteiger partial charge in [-0.2, -0.15) is 0 Å². The van der Waals surface area contributed by atoms with E-state index < -0.39 is 0 Å². The summed E-state index contributed by atoms with van der Waals surface area (Å²) >= 11 is 0. The van der Waals surface area contributed by atoms with Crippen molar-refractivity contribution in [3.63, 3.8) is 0 Å². The molecule has 0 radical (unpaired) electrons. The standard InChI is InChI=1S/C13H24N4O/c1-4-11-16-12(14-3)8-13(17-11)15-7-5-6-10(2)9-18/h8,10,18H,4-7,9H2,1-3H3,(H2,14,15,16,17). The summed E-state index contributed by atoms with van der Waals surface area (Å²) in [6, 6.07) is 1.91. The Labute approximate surface area is 109 Å². The summed E-state index contributed by atoms with van der Waals surface area (Å²) in [5.41, 5.74) is 0. The quantitative estimate of drug-likeness (QED) is 0.616. The van der Waals surface area contributed by atoms with E-state index in [1.54, 1.807) is 0 Å².